The molecule has 1 aliphatic rings. The average Bonchev–Trinajstić information content (AvgIpc) is 2.14. The predicted octanol–water partition coefficient (Wildman–Crippen LogP) is 4.25. The number of hydrogen-bond acceptors (Lipinski definition) is 1. The van der Waals surface area contributed by atoms with Gasteiger partial charge in [-0.05, 0) is 24.7 Å². The molecular formula is C14H29N. The van der Waals surface area contributed by atoms with E-state index in [-0.39, 0.29) is 5.54 Å². The van der Waals surface area contributed by atoms with E-state index < -0.39 is 0 Å². The second-order valence-corrected chi connectivity index (χ2v) is 6.72. The molecule has 0 unspecified atom stereocenters. The van der Waals surface area contributed by atoms with Crippen molar-refractivity contribution in [3.8, 4) is 0 Å². The fourth-order valence-corrected chi connectivity index (χ4v) is 3.02. The lowest BCUT2D eigenvalue weighted by Gasteiger charge is -2.35. The minimum absolute atomic E-state index is 0.128. The molecule has 0 aromatic heterocycles. The minimum Gasteiger partial charge on any atom is -0.325 e. The Bertz CT molecular complexity index is 168. The molecule has 1 aliphatic carbocycles. The first kappa shape index (κ1) is 13.0. The van der Waals surface area contributed by atoms with Crippen LogP contribution in [0.4, 0.5) is 0 Å². The Kier molecular flexibility index (Phi) is 4.64. The van der Waals surface area contributed by atoms with Gasteiger partial charge in [0.15, 0.2) is 0 Å². The van der Waals surface area contributed by atoms with Gasteiger partial charge in [-0.25, -0.2) is 0 Å². The van der Waals surface area contributed by atoms with Crippen LogP contribution in [0.1, 0.15) is 78.6 Å². The molecule has 1 saturated carbocycles. The Morgan fingerprint density at radius 1 is 0.867 bits per heavy atom. The quantitative estimate of drug-likeness (QED) is 0.689. The lowest BCUT2D eigenvalue weighted by molar-refractivity contribution is 0.223. The highest BCUT2D eigenvalue weighted by Crippen LogP contribution is 2.34. The first-order chi connectivity index (χ1) is 6.91. The van der Waals surface area contributed by atoms with Crippen molar-refractivity contribution in [3.05, 3.63) is 0 Å². The fraction of sp³-hybridized carbons (Fsp3) is 1.00. The van der Waals surface area contributed by atoms with Crippen molar-refractivity contribution in [2.75, 3.05) is 0 Å². The first-order valence-corrected chi connectivity index (χ1v) is 6.70. The second kappa shape index (κ2) is 5.34. The number of hydrogen-bond donors (Lipinski definition) is 1. The van der Waals surface area contributed by atoms with Crippen molar-refractivity contribution in [1.29, 1.82) is 0 Å². The van der Waals surface area contributed by atoms with Crippen LogP contribution in [0.3, 0.4) is 0 Å². The minimum atomic E-state index is 0.128. The summed E-state index contributed by atoms with van der Waals surface area (Å²) in [5.74, 6) is 0. The predicted molar refractivity (Wildman–Crippen MR) is 67.9 cm³/mol. The molecule has 1 heteroatoms. The van der Waals surface area contributed by atoms with Crippen LogP contribution in [0.5, 0.6) is 0 Å². The monoisotopic (exact) mass is 211 g/mol. The van der Waals surface area contributed by atoms with Crippen molar-refractivity contribution >= 4 is 0 Å². The number of nitrogens with two attached hydrogens (primary N) is 1. The third kappa shape index (κ3) is 5.55. The molecule has 0 spiro atoms. The Balaban J connectivity index is 2.53. The molecular weight excluding hydrogens is 182 g/mol. The van der Waals surface area contributed by atoms with Crippen LogP contribution in [0.15, 0.2) is 0 Å². The molecule has 2 N–H and O–H groups in total. The SMILES string of the molecule is CC(C)(C)CC1(N)CCCCCCCC1. The van der Waals surface area contributed by atoms with E-state index in [1.165, 1.54) is 57.8 Å². The highest BCUT2D eigenvalue weighted by molar-refractivity contribution is 4.88. The van der Waals surface area contributed by atoms with Crippen molar-refractivity contribution in [2.45, 2.75) is 84.1 Å². The molecule has 0 aromatic carbocycles. The Morgan fingerprint density at radius 2 is 1.27 bits per heavy atom. The molecule has 1 nitrogen and oxygen atoms in total. The summed E-state index contributed by atoms with van der Waals surface area (Å²) < 4.78 is 0. The summed E-state index contributed by atoms with van der Waals surface area (Å²) in [7, 11) is 0. The molecule has 1 fully saturated rings. The molecule has 90 valence electrons. The molecule has 0 aliphatic heterocycles. The van der Waals surface area contributed by atoms with Crippen molar-refractivity contribution in [1.82, 2.24) is 0 Å². The summed E-state index contributed by atoms with van der Waals surface area (Å²) in [6, 6.07) is 0. The Morgan fingerprint density at radius 3 is 1.67 bits per heavy atom. The number of rotatable bonds is 1. The van der Waals surface area contributed by atoms with Crippen molar-refractivity contribution < 1.29 is 0 Å². The Labute approximate surface area is 95.8 Å². The van der Waals surface area contributed by atoms with Gasteiger partial charge in [0.25, 0.3) is 0 Å². The highest BCUT2D eigenvalue weighted by atomic mass is 14.7. The maximum absolute atomic E-state index is 6.58. The summed E-state index contributed by atoms with van der Waals surface area (Å²) in [6.45, 7) is 6.94. The van der Waals surface area contributed by atoms with E-state index in [0.29, 0.717) is 5.41 Å². The maximum atomic E-state index is 6.58. The van der Waals surface area contributed by atoms with Gasteiger partial charge in [0.2, 0.25) is 0 Å². The van der Waals surface area contributed by atoms with Crippen LogP contribution in [-0.4, -0.2) is 5.54 Å². The van der Waals surface area contributed by atoms with Gasteiger partial charge in [-0.2, -0.15) is 0 Å². The van der Waals surface area contributed by atoms with E-state index in [2.05, 4.69) is 20.8 Å². The molecule has 0 aromatic rings. The summed E-state index contributed by atoms with van der Waals surface area (Å²) in [4.78, 5) is 0. The van der Waals surface area contributed by atoms with Crippen LogP contribution >= 0.6 is 0 Å². The van der Waals surface area contributed by atoms with Crippen molar-refractivity contribution in [2.24, 2.45) is 11.1 Å². The van der Waals surface area contributed by atoms with E-state index in [1.807, 2.05) is 0 Å². The van der Waals surface area contributed by atoms with E-state index in [0.717, 1.165) is 0 Å². The van der Waals surface area contributed by atoms with Crippen LogP contribution in [0, 0.1) is 5.41 Å². The molecule has 0 atom stereocenters. The van der Waals surface area contributed by atoms with E-state index >= 15 is 0 Å². The van der Waals surface area contributed by atoms with Gasteiger partial charge < -0.3 is 5.73 Å². The summed E-state index contributed by atoms with van der Waals surface area (Å²) >= 11 is 0. The molecule has 15 heavy (non-hydrogen) atoms. The fourth-order valence-electron chi connectivity index (χ4n) is 3.02. The zero-order chi connectivity index (χ0) is 11.4. The van der Waals surface area contributed by atoms with Crippen LogP contribution in [-0.2, 0) is 0 Å². The average molecular weight is 211 g/mol. The Hall–Kier alpha value is -0.0400. The largest absolute Gasteiger partial charge is 0.325 e. The van der Waals surface area contributed by atoms with Gasteiger partial charge in [0.05, 0.1) is 0 Å². The van der Waals surface area contributed by atoms with E-state index in [1.54, 1.807) is 0 Å². The summed E-state index contributed by atoms with van der Waals surface area (Å²) in [5, 5.41) is 0. The second-order valence-electron chi connectivity index (χ2n) is 6.72. The zero-order valence-electron chi connectivity index (χ0n) is 10.9. The summed E-state index contributed by atoms with van der Waals surface area (Å²) in [5.41, 5.74) is 7.09. The van der Waals surface area contributed by atoms with Crippen molar-refractivity contribution in [3.63, 3.8) is 0 Å². The third-order valence-electron chi connectivity index (χ3n) is 3.48. The van der Waals surface area contributed by atoms with Gasteiger partial charge in [0.1, 0.15) is 0 Å². The van der Waals surface area contributed by atoms with Gasteiger partial charge >= 0.3 is 0 Å². The summed E-state index contributed by atoms with van der Waals surface area (Å²) in [6.07, 6.45) is 12.0. The lowest BCUT2D eigenvalue weighted by atomic mass is 9.75. The van der Waals surface area contributed by atoms with E-state index in [9.17, 15) is 0 Å². The molecule has 0 heterocycles. The third-order valence-corrected chi connectivity index (χ3v) is 3.48. The molecule has 0 radical (unpaired) electrons. The normalized spacial score (nSPS) is 24.0. The molecule has 1 rings (SSSR count). The smallest absolute Gasteiger partial charge is 0.0159 e. The molecule has 0 saturated heterocycles. The molecule has 0 bridgehead atoms. The highest BCUT2D eigenvalue weighted by Gasteiger charge is 2.29. The van der Waals surface area contributed by atoms with Crippen LogP contribution < -0.4 is 5.73 Å². The first-order valence-electron chi connectivity index (χ1n) is 6.70. The van der Waals surface area contributed by atoms with Gasteiger partial charge in [-0.1, -0.05) is 59.3 Å². The van der Waals surface area contributed by atoms with Gasteiger partial charge in [-0.3, -0.25) is 0 Å². The topological polar surface area (TPSA) is 26.0 Å². The van der Waals surface area contributed by atoms with Crippen LogP contribution in [0.25, 0.3) is 0 Å². The lowest BCUT2D eigenvalue weighted by Crippen LogP contribution is -2.43. The van der Waals surface area contributed by atoms with Gasteiger partial charge in [0, 0.05) is 5.54 Å². The van der Waals surface area contributed by atoms with Crippen LogP contribution in [0.2, 0.25) is 0 Å². The van der Waals surface area contributed by atoms with E-state index in [4.69, 9.17) is 5.73 Å². The standard InChI is InChI=1S/C14H29N/c1-13(2,3)12-14(15)10-8-6-4-5-7-9-11-14/h4-12,15H2,1-3H3. The molecule has 0 amide bonds. The maximum Gasteiger partial charge on any atom is 0.0159 e. The van der Waals surface area contributed by atoms with Gasteiger partial charge in [-0.15, -0.1) is 0 Å². The zero-order valence-corrected chi connectivity index (χ0v) is 10.9.